The van der Waals surface area contributed by atoms with Crippen LogP contribution in [0.2, 0.25) is 0 Å². The number of rotatable bonds is 8. The maximum Gasteiger partial charge on any atom is 0.253 e. The normalized spacial score (nSPS) is 14.5. The quantitative estimate of drug-likeness (QED) is 0.502. The lowest BCUT2D eigenvalue weighted by Crippen LogP contribution is -2.49. The molecule has 0 saturated carbocycles. The Morgan fingerprint density at radius 1 is 0.879 bits per heavy atom. The fourth-order valence-corrected chi connectivity index (χ4v) is 4.53. The van der Waals surface area contributed by atoms with Crippen molar-refractivity contribution in [3.05, 3.63) is 101 Å². The molecule has 0 bridgehead atoms. The summed E-state index contributed by atoms with van der Waals surface area (Å²) in [6.07, 6.45) is 0. The molecular weight excluding hydrogens is 412 g/mol. The molecule has 5 nitrogen and oxygen atoms in total. The first-order valence-electron chi connectivity index (χ1n) is 11.6. The van der Waals surface area contributed by atoms with Crippen LogP contribution in [0.15, 0.2) is 78.9 Å². The molecule has 0 atom stereocenters. The SMILES string of the molecule is CCOc1ccc(C(=O)N2CCN(C(c3ccccc3)c3ccccc3)CC2)cc1COC. The molecule has 1 heterocycles. The molecule has 1 amide bonds. The van der Waals surface area contributed by atoms with Crippen molar-refractivity contribution in [1.82, 2.24) is 9.80 Å². The van der Waals surface area contributed by atoms with Crippen LogP contribution in [0.5, 0.6) is 5.75 Å². The van der Waals surface area contributed by atoms with Gasteiger partial charge in [-0.2, -0.15) is 0 Å². The third-order valence-corrected chi connectivity index (χ3v) is 6.10. The van der Waals surface area contributed by atoms with E-state index in [2.05, 4.69) is 65.6 Å². The highest BCUT2D eigenvalue weighted by Gasteiger charge is 2.28. The second kappa shape index (κ2) is 11.1. The van der Waals surface area contributed by atoms with Crippen molar-refractivity contribution in [3.63, 3.8) is 0 Å². The van der Waals surface area contributed by atoms with Gasteiger partial charge in [-0.3, -0.25) is 9.69 Å². The molecule has 0 spiro atoms. The highest BCUT2D eigenvalue weighted by Crippen LogP contribution is 2.30. The summed E-state index contributed by atoms with van der Waals surface area (Å²) in [6, 6.07) is 27.0. The predicted octanol–water partition coefficient (Wildman–Crippen LogP) is 4.78. The summed E-state index contributed by atoms with van der Waals surface area (Å²) in [5.74, 6) is 0.834. The van der Waals surface area contributed by atoms with Gasteiger partial charge in [0.1, 0.15) is 5.75 Å². The Balaban J connectivity index is 1.48. The molecule has 4 rings (SSSR count). The van der Waals surface area contributed by atoms with Gasteiger partial charge in [-0.05, 0) is 36.2 Å². The molecule has 0 radical (unpaired) electrons. The number of benzene rings is 3. The van der Waals surface area contributed by atoms with Crippen LogP contribution in [0.1, 0.15) is 40.0 Å². The summed E-state index contributed by atoms with van der Waals surface area (Å²) in [4.78, 5) is 17.7. The van der Waals surface area contributed by atoms with Crippen molar-refractivity contribution in [1.29, 1.82) is 0 Å². The van der Waals surface area contributed by atoms with Crippen molar-refractivity contribution in [2.24, 2.45) is 0 Å². The second-order valence-corrected chi connectivity index (χ2v) is 8.24. The maximum atomic E-state index is 13.3. The minimum absolute atomic E-state index is 0.0611. The minimum Gasteiger partial charge on any atom is -0.494 e. The van der Waals surface area contributed by atoms with E-state index in [1.165, 1.54) is 11.1 Å². The van der Waals surface area contributed by atoms with Crippen molar-refractivity contribution in [2.45, 2.75) is 19.6 Å². The summed E-state index contributed by atoms with van der Waals surface area (Å²) in [5, 5.41) is 0. The molecular formula is C28H32N2O3. The highest BCUT2D eigenvalue weighted by molar-refractivity contribution is 5.94. The fraction of sp³-hybridized carbons (Fsp3) is 0.321. The van der Waals surface area contributed by atoms with Crippen molar-refractivity contribution in [3.8, 4) is 5.75 Å². The first-order chi connectivity index (χ1) is 16.2. The van der Waals surface area contributed by atoms with Crippen molar-refractivity contribution >= 4 is 5.91 Å². The number of amides is 1. The third-order valence-electron chi connectivity index (χ3n) is 6.10. The van der Waals surface area contributed by atoms with E-state index >= 15 is 0 Å². The topological polar surface area (TPSA) is 42.0 Å². The van der Waals surface area contributed by atoms with Gasteiger partial charge in [-0.25, -0.2) is 0 Å². The zero-order chi connectivity index (χ0) is 23.0. The maximum absolute atomic E-state index is 13.3. The lowest BCUT2D eigenvalue weighted by atomic mass is 9.96. The first-order valence-corrected chi connectivity index (χ1v) is 11.6. The Hall–Kier alpha value is -3.15. The summed E-state index contributed by atoms with van der Waals surface area (Å²) < 4.78 is 11.0. The first kappa shape index (κ1) is 23.0. The smallest absolute Gasteiger partial charge is 0.253 e. The van der Waals surface area contributed by atoms with Crippen LogP contribution < -0.4 is 4.74 Å². The molecule has 1 aliphatic rings. The molecule has 1 saturated heterocycles. The van der Waals surface area contributed by atoms with Gasteiger partial charge in [-0.1, -0.05) is 60.7 Å². The van der Waals surface area contributed by atoms with Gasteiger partial charge in [0.25, 0.3) is 5.91 Å². The summed E-state index contributed by atoms with van der Waals surface area (Å²) >= 11 is 0. The fourth-order valence-electron chi connectivity index (χ4n) is 4.53. The minimum atomic E-state index is 0.0611. The molecule has 0 unspecified atom stereocenters. The van der Waals surface area contributed by atoms with Gasteiger partial charge in [-0.15, -0.1) is 0 Å². The number of piperazine rings is 1. The Morgan fingerprint density at radius 2 is 1.48 bits per heavy atom. The van der Waals surface area contributed by atoms with E-state index in [1.54, 1.807) is 7.11 Å². The van der Waals surface area contributed by atoms with Crippen molar-refractivity contribution < 1.29 is 14.3 Å². The number of hydrogen-bond donors (Lipinski definition) is 0. The van der Waals surface area contributed by atoms with Gasteiger partial charge < -0.3 is 14.4 Å². The molecule has 172 valence electrons. The van der Waals surface area contributed by atoms with Crippen LogP contribution in [0, 0.1) is 0 Å². The lowest BCUT2D eigenvalue weighted by Gasteiger charge is -2.40. The van der Waals surface area contributed by atoms with E-state index in [1.807, 2.05) is 30.0 Å². The van der Waals surface area contributed by atoms with Crippen LogP contribution in [0.4, 0.5) is 0 Å². The number of carbonyl (C=O) groups excluding carboxylic acids is 1. The van der Waals surface area contributed by atoms with Crippen LogP contribution in [-0.2, 0) is 11.3 Å². The number of ether oxygens (including phenoxy) is 2. The van der Waals surface area contributed by atoms with Crippen LogP contribution in [-0.4, -0.2) is 55.6 Å². The monoisotopic (exact) mass is 444 g/mol. The predicted molar refractivity (Wildman–Crippen MR) is 131 cm³/mol. The molecule has 1 fully saturated rings. The molecule has 0 aromatic heterocycles. The second-order valence-electron chi connectivity index (χ2n) is 8.24. The molecule has 0 N–H and O–H groups in total. The Kier molecular flexibility index (Phi) is 7.76. The van der Waals surface area contributed by atoms with E-state index < -0.39 is 0 Å². The average molecular weight is 445 g/mol. The van der Waals surface area contributed by atoms with Gasteiger partial charge in [0.05, 0.1) is 19.3 Å². The standard InChI is InChI=1S/C28H32N2O3/c1-3-33-26-15-14-24(20-25(26)21-32-2)28(31)30-18-16-29(17-19-30)27(22-10-6-4-7-11-22)23-12-8-5-9-13-23/h4-15,20,27H,3,16-19,21H2,1-2H3. The Labute approximate surface area is 196 Å². The van der Waals surface area contributed by atoms with Gasteiger partial charge in [0.15, 0.2) is 0 Å². The average Bonchev–Trinajstić information content (AvgIpc) is 2.87. The summed E-state index contributed by atoms with van der Waals surface area (Å²) in [5.41, 5.74) is 4.14. The highest BCUT2D eigenvalue weighted by atomic mass is 16.5. The van der Waals surface area contributed by atoms with Crippen LogP contribution in [0.25, 0.3) is 0 Å². The number of hydrogen-bond acceptors (Lipinski definition) is 4. The molecule has 3 aromatic rings. The van der Waals surface area contributed by atoms with Crippen LogP contribution in [0.3, 0.4) is 0 Å². The number of nitrogens with zero attached hydrogens (tertiary/aromatic N) is 2. The third kappa shape index (κ3) is 5.44. The largest absolute Gasteiger partial charge is 0.494 e. The van der Waals surface area contributed by atoms with E-state index in [4.69, 9.17) is 9.47 Å². The van der Waals surface area contributed by atoms with E-state index in [-0.39, 0.29) is 11.9 Å². The van der Waals surface area contributed by atoms with Gasteiger partial charge in [0, 0.05) is 44.4 Å². The number of methoxy groups -OCH3 is 1. The Morgan fingerprint density at radius 3 is 2.03 bits per heavy atom. The van der Waals surface area contributed by atoms with E-state index in [0.29, 0.717) is 31.9 Å². The zero-order valence-corrected chi connectivity index (χ0v) is 19.4. The zero-order valence-electron chi connectivity index (χ0n) is 19.4. The molecule has 5 heteroatoms. The van der Waals surface area contributed by atoms with Crippen molar-refractivity contribution in [2.75, 3.05) is 39.9 Å². The molecule has 0 aliphatic carbocycles. The number of carbonyl (C=O) groups is 1. The molecule has 33 heavy (non-hydrogen) atoms. The Bertz CT molecular complexity index is 992. The van der Waals surface area contributed by atoms with Gasteiger partial charge in [0.2, 0.25) is 0 Å². The summed E-state index contributed by atoms with van der Waals surface area (Å²) in [7, 11) is 1.65. The van der Waals surface area contributed by atoms with E-state index in [9.17, 15) is 4.79 Å². The van der Waals surface area contributed by atoms with E-state index in [0.717, 1.165) is 24.4 Å². The van der Waals surface area contributed by atoms with Crippen LogP contribution >= 0.6 is 0 Å². The molecule has 3 aromatic carbocycles. The summed E-state index contributed by atoms with van der Waals surface area (Å²) in [6.45, 7) is 5.98. The molecule has 1 aliphatic heterocycles. The van der Waals surface area contributed by atoms with Gasteiger partial charge >= 0.3 is 0 Å². The lowest BCUT2D eigenvalue weighted by molar-refractivity contribution is 0.0597.